The summed E-state index contributed by atoms with van der Waals surface area (Å²) in [4.78, 5) is 22.0. The second-order valence-corrected chi connectivity index (χ2v) is 9.48. The van der Waals surface area contributed by atoms with Crippen molar-refractivity contribution in [3.8, 4) is 5.75 Å². The van der Waals surface area contributed by atoms with Gasteiger partial charge in [0.05, 0.1) is 11.6 Å². The number of quaternary nitrogens is 1. The van der Waals surface area contributed by atoms with Crippen LogP contribution in [0.5, 0.6) is 5.75 Å². The largest absolute Gasteiger partial charge is 0.505 e. The van der Waals surface area contributed by atoms with Crippen LogP contribution in [0.15, 0.2) is 6.07 Å². The van der Waals surface area contributed by atoms with Crippen LogP contribution in [0.3, 0.4) is 0 Å². The molecule has 3 unspecified atom stereocenters. The third-order valence-corrected chi connectivity index (χ3v) is 7.52. The smallest absolute Gasteiger partial charge is 0.227 e. The van der Waals surface area contributed by atoms with Gasteiger partial charge >= 0.3 is 0 Å². The van der Waals surface area contributed by atoms with E-state index in [9.17, 15) is 23.5 Å². The molecule has 4 bridgehead atoms. The zero-order valence-corrected chi connectivity index (χ0v) is 17.6. The first kappa shape index (κ1) is 21.3. The highest BCUT2D eigenvalue weighted by molar-refractivity contribution is 6.31. The average molecular weight is 443 g/mol. The van der Waals surface area contributed by atoms with Gasteiger partial charge in [0.2, 0.25) is 11.8 Å². The maximum Gasteiger partial charge on any atom is 0.227 e. The van der Waals surface area contributed by atoms with Crippen molar-refractivity contribution < 1.29 is 28.0 Å². The first-order chi connectivity index (χ1) is 14.2. The number of phenolic OH excluding ortho intramolecular Hbond substituents is 1. The molecule has 1 aromatic carbocycles. The molecule has 2 amide bonds. The van der Waals surface area contributed by atoms with Gasteiger partial charge in [-0.2, -0.15) is 0 Å². The van der Waals surface area contributed by atoms with Gasteiger partial charge < -0.3 is 16.2 Å². The number of piperidine rings is 3. The van der Waals surface area contributed by atoms with Crippen molar-refractivity contribution in [1.29, 1.82) is 0 Å². The molecule has 6 rings (SSSR count). The molecule has 5 fully saturated rings. The number of hydrogen-bond acceptors (Lipinski definition) is 3. The molecular formula is C21H27ClF2N3O3+. The van der Waals surface area contributed by atoms with Gasteiger partial charge in [-0.15, -0.1) is 0 Å². The summed E-state index contributed by atoms with van der Waals surface area (Å²) < 4.78 is 30.2. The van der Waals surface area contributed by atoms with Gasteiger partial charge in [-0.3, -0.25) is 14.1 Å². The molecule has 9 heteroatoms. The number of halogens is 3. The predicted octanol–water partition coefficient (Wildman–Crippen LogP) is 3.11. The monoisotopic (exact) mass is 442 g/mol. The molecule has 4 N–H and O–H groups in total. The molecule has 5 aliphatic rings. The van der Waals surface area contributed by atoms with E-state index in [1.165, 1.54) is 6.92 Å². The number of amides is 2. The zero-order chi connectivity index (χ0) is 21.8. The Morgan fingerprint density at radius 3 is 2.30 bits per heavy atom. The molecule has 0 aromatic heterocycles. The number of nitrogens with two attached hydrogens (primary N) is 1. The fraction of sp³-hybridized carbons (Fsp3) is 0.619. The van der Waals surface area contributed by atoms with E-state index in [2.05, 4.69) is 11.1 Å². The Hall–Kier alpha value is -1.93. The highest BCUT2D eigenvalue weighted by Crippen LogP contribution is 2.66. The van der Waals surface area contributed by atoms with Gasteiger partial charge in [0.1, 0.15) is 17.6 Å². The van der Waals surface area contributed by atoms with Crippen molar-refractivity contribution in [2.75, 3.05) is 6.54 Å². The molecule has 164 valence electrons. The Morgan fingerprint density at radius 2 is 1.80 bits per heavy atom. The predicted molar refractivity (Wildman–Crippen MR) is 106 cm³/mol. The molecule has 30 heavy (non-hydrogen) atoms. The molecule has 3 aliphatic heterocycles. The number of benzene rings is 1. The Labute approximate surface area is 178 Å². The lowest BCUT2D eigenvalue weighted by atomic mass is 10.0. The summed E-state index contributed by atoms with van der Waals surface area (Å²) in [5.41, 5.74) is 4.19. The molecule has 0 radical (unpaired) electrons. The van der Waals surface area contributed by atoms with Crippen LogP contribution in [-0.4, -0.2) is 40.0 Å². The van der Waals surface area contributed by atoms with Crippen molar-refractivity contribution in [2.24, 2.45) is 17.6 Å². The van der Waals surface area contributed by atoms with E-state index in [4.69, 9.17) is 11.6 Å². The van der Waals surface area contributed by atoms with Crippen LogP contribution in [0, 0.1) is 23.5 Å². The topological polar surface area (TPSA) is 92.4 Å². The minimum atomic E-state index is -1.01. The molecule has 2 aliphatic carbocycles. The molecule has 2 saturated carbocycles. The van der Waals surface area contributed by atoms with Crippen molar-refractivity contribution >= 4 is 23.4 Å². The normalized spacial score (nSPS) is 31.8. The summed E-state index contributed by atoms with van der Waals surface area (Å²) in [5.74, 6) is -2.55. The van der Waals surface area contributed by atoms with Crippen LogP contribution in [0.25, 0.3) is 0 Å². The van der Waals surface area contributed by atoms with Crippen molar-refractivity contribution in [1.82, 2.24) is 5.32 Å². The summed E-state index contributed by atoms with van der Waals surface area (Å²) in [7, 11) is 0. The molecule has 3 heterocycles. The summed E-state index contributed by atoms with van der Waals surface area (Å²) in [5, 5.41) is 12.5. The fourth-order valence-corrected chi connectivity index (χ4v) is 6.32. The number of hydrogen-bond donors (Lipinski definition) is 3. The van der Waals surface area contributed by atoms with E-state index in [1.54, 1.807) is 0 Å². The summed E-state index contributed by atoms with van der Waals surface area (Å²) in [6.07, 6.45) is 4.95. The summed E-state index contributed by atoms with van der Waals surface area (Å²) in [6.45, 7) is 2.14. The van der Waals surface area contributed by atoms with Crippen molar-refractivity contribution in [3.63, 3.8) is 0 Å². The van der Waals surface area contributed by atoms with E-state index < -0.39 is 23.5 Å². The summed E-state index contributed by atoms with van der Waals surface area (Å²) in [6, 6.07) is 1.59. The number of nitrogens with zero attached hydrogens (tertiary/aromatic N) is 1. The Balaban J connectivity index is 0.000000503. The highest BCUT2D eigenvalue weighted by Gasteiger charge is 2.80. The fourth-order valence-electron chi connectivity index (χ4n) is 6.12. The molecular weight excluding hydrogens is 416 g/mol. The van der Waals surface area contributed by atoms with Gasteiger partial charge in [-0.25, -0.2) is 8.78 Å². The van der Waals surface area contributed by atoms with E-state index in [0.717, 1.165) is 51.1 Å². The number of aromatic hydroxyl groups is 1. The van der Waals surface area contributed by atoms with Gasteiger partial charge in [0.15, 0.2) is 23.5 Å². The quantitative estimate of drug-likeness (QED) is 0.380. The second-order valence-electron chi connectivity index (χ2n) is 9.07. The number of carbonyl (C=O) groups is 2. The second kappa shape index (κ2) is 7.64. The number of carbonyl (C=O) groups excluding carboxylic acids is 2. The lowest BCUT2D eigenvalue weighted by Gasteiger charge is -2.30. The molecule has 1 aromatic rings. The maximum absolute atomic E-state index is 14.9. The number of nitrogens with one attached hydrogen (secondary N) is 1. The minimum Gasteiger partial charge on any atom is -0.505 e. The standard InChI is InChI=1S/C19H21ClF2N2O2.C2H5NO/c20-11-7-14(25)17(22)15(16(11)21)18(23-19(26)10-3-1-2-4-10)24-8-9-5-12(24)13(24)6-9;1-2(3)4/h7,9-10,12-13,18H,1-6,8H2,(H-,23,25,26);1H3,(H2,3,4)/p+1. The van der Waals surface area contributed by atoms with Crippen LogP contribution in [0.1, 0.15) is 57.2 Å². The number of rotatable bonds is 4. The van der Waals surface area contributed by atoms with Crippen LogP contribution in [-0.2, 0) is 9.59 Å². The van der Waals surface area contributed by atoms with E-state index in [-0.39, 0.29) is 28.3 Å². The Bertz CT molecular complexity index is 848. The maximum atomic E-state index is 14.9. The Kier molecular flexibility index (Phi) is 5.43. The van der Waals surface area contributed by atoms with Gasteiger partial charge in [-0.1, -0.05) is 24.4 Å². The lowest BCUT2D eigenvalue weighted by Crippen LogP contribution is -2.46. The third-order valence-electron chi connectivity index (χ3n) is 7.24. The van der Waals surface area contributed by atoms with Gasteiger partial charge in [-0.05, 0) is 12.8 Å². The first-order valence-corrected chi connectivity index (χ1v) is 10.8. The van der Waals surface area contributed by atoms with Crippen LogP contribution in [0.2, 0.25) is 5.02 Å². The van der Waals surface area contributed by atoms with Crippen LogP contribution in [0.4, 0.5) is 8.78 Å². The van der Waals surface area contributed by atoms with Crippen molar-refractivity contribution in [3.05, 3.63) is 28.3 Å². The van der Waals surface area contributed by atoms with E-state index in [0.29, 0.717) is 22.5 Å². The van der Waals surface area contributed by atoms with E-state index in [1.807, 2.05) is 0 Å². The van der Waals surface area contributed by atoms with Crippen molar-refractivity contribution in [2.45, 2.75) is 63.7 Å². The summed E-state index contributed by atoms with van der Waals surface area (Å²) >= 11 is 5.89. The van der Waals surface area contributed by atoms with Gasteiger partial charge in [0.25, 0.3) is 0 Å². The lowest BCUT2D eigenvalue weighted by molar-refractivity contribution is -0.846. The highest BCUT2D eigenvalue weighted by atomic mass is 35.5. The Morgan fingerprint density at radius 1 is 1.23 bits per heavy atom. The minimum absolute atomic E-state index is 0.0920. The number of primary amides is 1. The average Bonchev–Trinajstić information content (AvgIpc) is 3.29. The third kappa shape index (κ3) is 3.34. The van der Waals surface area contributed by atoms with Gasteiger partial charge in [0, 0.05) is 37.7 Å². The SMILES string of the molecule is CC(N)=O.O=C(NC(c1c(F)c(O)cc(Cl)c1F)[N+]12CC3CC1C2C3)C1CCCC1. The van der Waals surface area contributed by atoms with E-state index >= 15 is 0 Å². The zero-order valence-electron chi connectivity index (χ0n) is 16.8. The first-order valence-electron chi connectivity index (χ1n) is 10.5. The molecule has 6 nitrogen and oxygen atoms in total. The van der Waals surface area contributed by atoms with Crippen LogP contribution >= 0.6 is 11.6 Å². The molecule has 3 saturated heterocycles. The molecule has 3 atom stereocenters. The number of phenols is 1. The molecule has 0 spiro atoms. The van der Waals surface area contributed by atoms with Crippen LogP contribution < -0.4 is 11.1 Å².